The van der Waals surface area contributed by atoms with Gasteiger partial charge in [-0.05, 0) is 37.6 Å². The van der Waals surface area contributed by atoms with Crippen molar-refractivity contribution >= 4 is 33.2 Å². The van der Waals surface area contributed by atoms with E-state index in [1.165, 1.54) is 24.3 Å². The number of aryl methyl sites for hydroxylation is 2. The highest BCUT2D eigenvalue weighted by Gasteiger charge is 2.24. The normalized spacial score (nSPS) is 11.3. The number of aromatic amines is 1. The highest BCUT2D eigenvalue weighted by Crippen LogP contribution is 2.23. The quantitative estimate of drug-likeness (QED) is 0.444. The number of amides is 1. The number of sulfone groups is 1. The number of carbonyl (C=O) groups excluding carboxylic acids is 1. The topological polar surface area (TPSA) is 109 Å². The van der Waals surface area contributed by atoms with Gasteiger partial charge < -0.3 is 10.3 Å². The van der Waals surface area contributed by atoms with E-state index < -0.39 is 32.0 Å². The first-order valence-electron chi connectivity index (χ1n) is 8.77. The van der Waals surface area contributed by atoms with Gasteiger partial charge in [-0.2, -0.15) is 0 Å². The molecule has 10 heteroatoms. The lowest BCUT2D eigenvalue weighted by Gasteiger charge is -2.09. The average molecular weight is 448 g/mol. The fourth-order valence-corrected chi connectivity index (χ4v) is 4.82. The predicted molar refractivity (Wildman–Crippen MR) is 112 cm³/mol. The molecule has 3 aromatic rings. The smallest absolute Gasteiger partial charge is 0.270 e. The molecule has 3 rings (SSSR count). The van der Waals surface area contributed by atoms with Gasteiger partial charge in [0.1, 0.15) is 5.82 Å². The molecule has 7 nitrogen and oxygen atoms in total. The molecular weight excluding hydrogens is 429 g/mol. The van der Waals surface area contributed by atoms with Crippen LogP contribution in [0.15, 0.2) is 68.4 Å². The first kappa shape index (κ1) is 21.7. The Balaban J connectivity index is 1.74. The SMILES string of the molecule is Cc1ccc(S(=O)(=O)c2cnc(SCC(=O)Nc3ccccc3F)[nH]c2=O)c(C)c1. The minimum absolute atomic E-state index is 0.0325. The number of aromatic nitrogens is 2. The van der Waals surface area contributed by atoms with Gasteiger partial charge in [-0.15, -0.1) is 0 Å². The zero-order chi connectivity index (χ0) is 21.9. The van der Waals surface area contributed by atoms with Crippen molar-refractivity contribution in [3.05, 3.63) is 76.0 Å². The maximum atomic E-state index is 13.6. The van der Waals surface area contributed by atoms with E-state index in [2.05, 4.69) is 15.3 Å². The Morgan fingerprint density at radius 3 is 2.57 bits per heavy atom. The number of nitrogens with one attached hydrogen (secondary N) is 2. The standard InChI is InChI=1S/C20H18FN3O4S2/c1-12-7-8-16(13(2)9-12)30(27,28)17-10-22-20(24-19(17)26)29-11-18(25)23-15-6-4-3-5-14(15)21/h3-10H,11H2,1-2H3,(H,23,25)(H,22,24,26). The van der Waals surface area contributed by atoms with Crippen LogP contribution < -0.4 is 10.9 Å². The number of hydrogen-bond donors (Lipinski definition) is 2. The van der Waals surface area contributed by atoms with Crippen molar-refractivity contribution in [2.75, 3.05) is 11.1 Å². The summed E-state index contributed by atoms with van der Waals surface area (Å²) in [5, 5.41) is 2.48. The van der Waals surface area contributed by atoms with E-state index >= 15 is 0 Å². The summed E-state index contributed by atoms with van der Waals surface area (Å²) in [5.41, 5.74) is 0.637. The first-order valence-corrected chi connectivity index (χ1v) is 11.2. The van der Waals surface area contributed by atoms with E-state index in [0.717, 1.165) is 23.5 Å². The van der Waals surface area contributed by atoms with Crippen LogP contribution in [0.3, 0.4) is 0 Å². The summed E-state index contributed by atoms with van der Waals surface area (Å²) in [6, 6.07) is 10.5. The van der Waals surface area contributed by atoms with Crippen LogP contribution in [0.25, 0.3) is 0 Å². The molecule has 0 unspecified atom stereocenters. The highest BCUT2D eigenvalue weighted by molar-refractivity contribution is 7.99. The molecule has 0 aliphatic carbocycles. The zero-order valence-corrected chi connectivity index (χ0v) is 17.7. The summed E-state index contributed by atoms with van der Waals surface area (Å²) in [6.45, 7) is 3.49. The maximum Gasteiger partial charge on any atom is 0.270 e. The second-order valence-electron chi connectivity index (χ2n) is 6.47. The fraction of sp³-hybridized carbons (Fsp3) is 0.150. The maximum absolute atomic E-state index is 13.6. The lowest BCUT2D eigenvalue weighted by Crippen LogP contribution is -2.20. The Morgan fingerprint density at radius 1 is 1.17 bits per heavy atom. The number of nitrogens with zero attached hydrogens (tertiary/aromatic N) is 1. The van der Waals surface area contributed by atoms with Crippen molar-refractivity contribution in [3.8, 4) is 0 Å². The van der Waals surface area contributed by atoms with E-state index in [4.69, 9.17) is 0 Å². The van der Waals surface area contributed by atoms with E-state index in [1.807, 2.05) is 6.92 Å². The third kappa shape index (κ3) is 4.77. The molecule has 1 amide bonds. The van der Waals surface area contributed by atoms with Crippen molar-refractivity contribution in [1.29, 1.82) is 0 Å². The van der Waals surface area contributed by atoms with Gasteiger partial charge >= 0.3 is 0 Å². The van der Waals surface area contributed by atoms with Crippen LogP contribution in [0.5, 0.6) is 0 Å². The largest absolute Gasteiger partial charge is 0.323 e. The average Bonchev–Trinajstić information content (AvgIpc) is 2.67. The molecular formula is C20H18FN3O4S2. The molecule has 0 aliphatic heterocycles. The molecule has 0 atom stereocenters. The van der Waals surface area contributed by atoms with Crippen LogP contribution in [-0.4, -0.2) is 30.0 Å². The van der Waals surface area contributed by atoms with Gasteiger partial charge in [0.05, 0.1) is 22.5 Å². The Hall–Kier alpha value is -2.98. The molecule has 0 spiro atoms. The predicted octanol–water partition coefficient (Wildman–Crippen LogP) is 3.09. The molecule has 0 saturated heterocycles. The molecule has 0 aliphatic rings. The van der Waals surface area contributed by atoms with Crippen molar-refractivity contribution in [2.24, 2.45) is 0 Å². The highest BCUT2D eigenvalue weighted by atomic mass is 32.2. The summed E-state index contributed by atoms with van der Waals surface area (Å²) < 4.78 is 39.2. The lowest BCUT2D eigenvalue weighted by molar-refractivity contribution is -0.113. The van der Waals surface area contributed by atoms with Crippen molar-refractivity contribution in [1.82, 2.24) is 9.97 Å². The zero-order valence-electron chi connectivity index (χ0n) is 16.1. The van der Waals surface area contributed by atoms with Gasteiger partial charge in [0.25, 0.3) is 5.56 Å². The van der Waals surface area contributed by atoms with Gasteiger partial charge in [0, 0.05) is 0 Å². The summed E-state index contributed by atoms with van der Waals surface area (Å²) in [6.07, 6.45) is 0.977. The number of hydrogen-bond acceptors (Lipinski definition) is 6. The molecule has 0 bridgehead atoms. The summed E-state index contributed by atoms with van der Waals surface area (Å²) in [4.78, 5) is 30.2. The van der Waals surface area contributed by atoms with Crippen LogP contribution in [0.4, 0.5) is 10.1 Å². The van der Waals surface area contributed by atoms with Crippen LogP contribution in [0, 0.1) is 19.7 Å². The van der Waals surface area contributed by atoms with Crippen LogP contribution in [0.2, 0.25) is 0 Å². The van der Waals surface area contributed by atoms with Gasteiger partial charge in [-0.1, -0.05) is 41.6 Å². The van der Waals surface area contributed by atoms with E-state index in [-0.39, 0.29) is 21.5 Å². The van der Waals surface area contributed by atoms with Crippen LogP contribution in [-0.2, 0) is 14.6 Å². The Bertz CT molecular complexity index is 1270. The molecule has 1 heterocycles. The molecule has 2 aromatic carbocycles. The van der Waals surface area contributed by atoms with E-state index in [1.54, 1.807) is 25.1 Å². The second kappa shape index (κ2) is 8.80. The third-order valence-electron chi connectivity index (χ3n) is 4.14. The van der Waals surface area contributed by atoms with Crippen LogP contribution >= 0.6 is 11.8 Å². The minimum Gasteiger partial charge on any atom is -0.323 e. The second-order valence-corrected chi connectivity index (χ2v) is 9.32. The number of halogens is 1. The number of anilines is 1. The van der Waals surface area contributed by atoms with Gasteiger partial charge in [-0.25, -0.2) is 17.8 Å². The molecule has 0 saturated carbocycles. The summed E-state index contributed by atoms with van der Waals surface area (Å²) >= 11 is 0.892. The Morgan fingerprint density at radius 2 is 1.90 bits per heavy atom. The van der Waals surface area contributed by atoms with E-state index in [9.17, 15) is 22.4 Å². The summed E-state index contributed by atoms with van der Waals surface area (Å²) in [5.74, 6) is -1.22. The number of benzene rings is 2. The van der Waals surface area contributed by atoms with Gasteiger partial charge in [0.2, 0.25) is 15.7 Å². The van der Waals surface area contributed by atoms with Crippen molar-refractivity contribution in [3.63, 3.8) is 0 Å². The van der Waals surface area contributed by atoms with E-state index in [0.29, 0.717) is 5.56 Å². The minimum atomic E-state index is -4.05. The Kier molecular flexibility index (Phi) is 6.37. The molecule has 0 radical (unpaired) electrons. The molecule has 0 fully saturated rings. The number of carbonyl (C=O) groups is 1. The van der Waals surface area contributed by atoms with Crippen molar-refractivity contribution < 1.29 is 17.6 Å². The third-order valence-corrected chi connectivity index (χ3v) is 6.94. The number of H-pyrrole nitrogens is 1. The number of rotatable bonds is 6. The van der Waals surface area contributed by atoms with Gasteiger partial charge in [-0.3, -0.25) is 9.59 Å². The molecule has 1 aromatic heterocycles. The first-order chi connectivity index (χ1) is 14.2. The van der Waals surface area contributed by atoms with Crippen LogP contribution in [0.1, 0.15) is 11.1 Å². The number of para-hydroxylation sites is 1. The number of thioether (sulfide) groups is 1. The molecule has 2 N–H and O–H groups in total. The Labute approximate surface area is 176 Å². The van der Waals surface area contributed by atoms with Gasteiger partial charge in [0.15, 0.2) is 10.1 Å². The summed E-state index contributed by atoms with van der Waals surface area (Å²) in [7, 11) is -4.05. The molecule has 156 valence electrons. The molecule has 30 heavy (non-hydrogen) atoms. The fourth-order valence-electron chi connectivity index (χ4n) is 2.73. The lowest BCUT2D eigenvalue weighted by atomic mass is 10.2. The monoisotopic (exact) mass is 447 g/mol. The van der Waals surface area contributed by atoms with Crippen molar-refractivity contribution in [2.45, 2.75) is 28.8 Å².